The van der Waals surface area contributed by atoms with Crippen LogP contribution in [0.1, 0.15) is 52.6 Å². The summed E-state index contributed by atoms with van der Waals surface area (Å²) in [7, 11) is 0. The van der Waals surface area contributed by atoms with Crippen LogP contribution >= 0.6 is 11.8 Å². The van der Waals surface area contributed by atoms with Crippen LogP contribution in [0.2, 0.25) is 0 Å². The molecule has 0 fully saturated rings. The Hall–Kier alpha value is -3.99. The van der Waals surface area contributed by atoms with E-state index in [9.17, 15) is 4.79 Å². The second kappa shape index (κ2) is 10.3. The van der Waals surface area contributed by atoms with Gasteiger partial charge in [0.1, 0.15) is 0 Å². The summed E-state index contributed by atoms with van der Waals surface area (Å²) in [5, 5.41) is 19.5. The molecule has 0 spiro atoms. The molecular formula is C23H24N8O2S. The molecule has 2 heterocycles. The van der Waals surface area contributed by atoms with Gasteiger partial charge in [0.2, 0.25) is 11.6 Å². The minimum atomic E-state index is -0.504. The fourth-order valence-electron chi connectivity index (χ4n) is 3.09. The van der Waals surface area contributed by atoms with Crippen molar-refractivity contribution in [3.8, 4) is 5.82 Å². The Labute approximate surface area is 200 Å². The Balaban J connectivity index is 1.53. The van der Waals surface area contributed by atoms with Crippen LogP contribution in [-0.2, 0) is 5.75 Å². The first-order valence-corrected chi connectivity index (χ1v) is 11.6. The molecule has 0 aliphatic rings. The molecule has 4 rings (SSSR count). The summed E-state index contributed by atoms with van der Waals surface area (Å²) in [5.41, 5.74) is 12.2. The number of aromatic nitrogens is 5. The number of carbonyl (C=O) groups excluding carboxylic acids is 1. The van der Waals surface area contributed by atoms with Gasteiger partial charge in [-0.3, -0.25) is 4.79 Å². The smallest absolute Gasteiger partial charge is 0.293 e. The van der Waals surface area contributed by atoms with E-state index in [2.05, 4.69) is 45.0 Å². The lowest BCUT2D eigenvalue weighted by Gasteiger charge is -2.06. The molecule has 34 heavy (non-hydrogen) atoms. The number of amides is 1. The molecule has 2 aromatic carbocycles. The highest BCUT2D eigenvalue weighted by Gasteiger charge is 2.24. The Morgan fingerprint density at radius 1 is 1.18 bits per heavy atom. The monoisotopic (exact) mass is 476 g/mol. The van der Waals surface area contributed by atoms with E-state index in [1.807, 2.05) is 55.5 Å². The summed E-state index contributed by atoms with van der Waals surface area (Å²) < 4.78 is 6.05. The van der Waals surface area contributed by atoms with E-state index >= 15 is 0 Å². The van der Waals surface area contributed by atoms with Crippen molar-refractivity contribution in [1.29, 1.82) is 0 Å². The van der Waals surface area contributed by atoms with Gasteiger partial charge < -0.3 is 5.73 Å². The van der Waals surface area contributed by atoms with Crippen molar-refractivity contribution in [2.75, 3.05) is 5.73 Å². The van der Waals surface area contributed by atoms with Gasteiger partial charge in [0.25, 0.3) is 5.91 Å². The van der Waals surface area contributed by atoms with Crippen LogP contribution in [0.15, 0.2) is 63.2 Å². The van der Waals surface area contributed by atoms with Crippen molar-refractivity contribution < 1.29 is 9.42 Å². The lowest BCUT2D eigenvalue weighted by molar-refractivity contribution is 0.0949. The number of anilines is 1. The van der Waals surface area contributed by atoms with Crippen LogP contribution in [0.4, 0.5) is 5.82 Å². The van der Waals surface area contributed by atoms with Crippen LogP contribution in [0.25, 0.3) is 5.82 Å². The van der Waals surface area contributed by atoms with Gasteiger partial charge in [0.05, 0.1) is 11.9 Å². The van der Waals surface area contributed by atoms with E-state index in [-0.39, 0.29) is 17.3 Å². The lowest BCUT2D eigenvalue weighted by Crippen LogP contribution is -2.20. The molecule has 0 aliphatic carbocycles. The number of rotatable bonds is 8. The number of nitrogens with two attached hydrogens (primary N) is 1. The number of nitrogen functional groups attached to an aromatic ring is 1. The third kappa shape index (κ3) is 5.31. The molecule has 0 bridgehead atoms. The topological polar surface area (TPSA) is 137 Å². The molecule has 1 amide bonds. The van der Waals surface area contributed by atoms with Gasteiger partial charge in [-0.1, -0.05) is 61.0 Å². The van der Waals surface area contributed by atoms with Crippen LogP contribution < -0.4 is 11.2 Å². The number of hydrogen-bond donors (Lipinski definition) is 2. The average Bonchev–Trinajstić information content (AvgIpc) is 3.44. The highest BCUT2D eigenvalue weighted by molar-refractivity contribution is 7.98. The quantitative estimate of drug-likeness (QED) is 0.223. The average molecular weight is 477 g/mol. The number of benzene rings is 2. The first-order chi connectivity index (χ1) is 16.4. The van der Waals surface area contributed by atoms with Crippen molar-refractivity contribution in [3.63, 3.8) is 0 Å². The summed E-state index contributed by atoms with van der Waals surface area (Å²) in [5.74, 6) is 0.529. The Morgan fingerprint density at radius 3 is 2.56 bits per heavy atom. The maximum atomic E-state index is 12.9. The fraction of sp³-hybridized carbons (Fsp3) is 0.217. The Kier molecular flexibility index (Phi) is 7.02. The van der Waals surface area contributed by atoms with E-state index in [0.717, 1.165) is 16.0 Å². The number of carbonyl (C=O) groups is 1. The van der Waals surface area contributed by atoms with Gasteiger partial charge in [0.15, 0.2) is 5.69 Å². The molecule has 0 aliphatic heterocycles. The fourth-order valence-corrected chi connectivity index (χ4v) is 3.98. The summed E-state index contributed by atoms with van der Waals surface area (Å²) in [4.78, 5) is 13.9. The number of hydrazone groups is 1. The predicted molar refractivity (Wildman–Crippen MR) is 130 cm³/mol. The minimum Gasteiger partial charge on any atom is -0.378 e. The third-order valence-electron chi connectivity index (χ3n) is 5.05. The molecule has 0 radical (unpaired) electrons. The van der Waals surface area contributed by atoms with Gasteiger partial charge in [-0.2, -0.15) is 9.78 Å². The van der Waals surface area contributed by atoms with Crippen molar-refractivity contribution in [2.24, 2.45) is 5.10 Å². The molecule has 0 saturated heterocycles. The standard InChI is InChI=1S/C23H24N8O2S/c1-14(2)17-8-6-16(7-9-17)12-25-27-23(32)20-19(13-34-18-10-4-15(3)5-11-18)31(30-26-20)22-21(24)28-33-29-22/h4-12,14H,13H2,1-3H3,(H2,24,28)(H,27,32)/b25-12-. The van der Waals surface area contributed by atoms with Crippen molar-refractivity contribution >= 4 is 29.7 Å². The van der Waals surface area contributed by atoms with Crippen LogP contribution in [0.5, 0.6) is 0 Å². The second-order valence-corrected chi connectivity index (χ2v) is 8.94. The SMILES string of the molecule is Cc1ccc(SCc2c(C(=O)N/N=C\c3ccc(C(C)C)cc3)nnn2-c2nonc2N)cc1. The van der Waals surface area contributed by atoms with Gasteiger partial charge >= 0.3 is 0 Å². The predicted octanol–water partition coefficient (Wildman–Crippen LogP) is 3.72. The summed E-state index contributed by atoms with van der Waals surface area (Å²) in [6.45, 7) is 6.29. The largest absolute Gasteiger partial charge is 0.378 e. The van der Waals surface area contributed by atoms with Gasteiger partial charge in [-0.05, 0) is 46.4 Å². The molecule has 11 heteroatoms. The number of thioether (sulfide) groups is 1. The molecular weight excluding hydrogens is 452 g/mol. The van der Waals surface area contributed by atoms with Gasteiger partial charge in [-0.25, -0.2) is 10.1 Å². The maximum Gasteiger partial charge on any atom is 0.293 e. The van der Waals surface area contributed by atoms with Gasteiger partial charge in [-0.15, -0.1) is 16.9 Å². The Morgan fingerprint density at radius 2 is 1.91 bits per heavy atom. The Bertz CT molecular complexity index is 1290. The van der Waals surface area contributed by atoms with Crippen molar-refractivity contribution in [3.05, 3.63) is 76.6 Å². The summed E-state index contributed by atoms with van der Waals surface area (Å²) in [6, 6.07) is 16.0. The number of aryl methyl sites for hydroxylation is 1. The van der Waals surface area contributed by atoms with Crippen LogP contribution in [0, 0.1) is 6.92 Å². The first kappa shape index (κ1) is 23.2. The van der Waals surface area contributed by atoms with E-state index in [0.29, 0.717) is 17.4 Å². The number of nitrogens with one attached hydrogen (secondary N) is 1. The minimum absolute atomic E-state index is 0.0429. The van der Waals surface area contributed by atoms with Gasteiger partial charge in [0, 0.05) is 10.6 Å². The first-order valence-electron chi connectivity index (χ1n) is 10.6. The van der Waals surface area contributed by atoms with Crippen molar-refractivity contribution in [2.45, 2.75) is 37.3 Å². The maximum absolute atomic E-state index is 12.9. The number of hydrogen-bond acceptors (Lipinski definition) is 9. The molecule has 2 aromatic heterocycles. The molecule has 3 N–H and O–H groups in total. The second-order valence-electron chi connectivity index (χ2n) is 7.89. The highest BCUT2D eigenvalue weighted by atomic mass is 32.2. The van der Waals surface area contributed by atoms with Crippen LogP contribution in [0.3, 0.4) is 0 Å². The molecule has 0 atom stereocenters. The normalized spacial score (nSPS) is 11.4. The van der Waals surface area contributed by atoms with Crippen molar-refractivity contribution in [1.82, 2.24) is 30.7 Å². The zero-order chi connectivity index (χ0) is 24.1. The van der Waals surface area contributed by atoms with E-state index in [1.54, 1.807) is 6.21 Å². The zero-order valence-electron chi connectivity index (χ0n) is 19.0. The molecule has 4 aromatic rings. The molecule has 174 valence electrons. The molecule has 10 nitrogen and oxygen atoms in total. The lowest BCUT2D eigenvalue weighted by atomic mass is 10.0. The highest BCUT2D eigenvalue weighted by Crippen LogP contribution is 2.26. The summed E-state index contributed by atoms with van der Waals surface area (Å²) >= 11 is 1.52. The molecule has 0 unspecified atom stereocenters. The zero-order valence-corrected chi connectivity index (χ0v) is 19.8. The number of nitrogens with zero attached hydrogens (tertiary/aromatic N) is 6. The van der Waals surface area contributed by atoms with E-state index in [1.165, 1.54) is 22.0 Å². The van der Waals surface area contributed by atoms with E-state index < -0.39 is 5.91 Å². The molecule has 0 saturated carbocycles. The summed E-state index contributed by atoms with van der Waals surface area (Å²) in [6.07, 6.45) is 1.58. The van der Waals surface area contributed by atoms with Crippen LogP contribution in [-0.4, -0.2) is 37.4 Å². The third-order valence-corrected chi connectivity index (χ3v) is 6.08. The van der Waals surface area contributed by atoms with E-state index in [4.69, 9.17) is 10.4 Å².